The summed E-state index contributed by atoms with van der Waals surface area (Å²) in [7, 11) is 0. The van der Waals surface area contributed by atoms with Crippen LogP contribution in [0.15, 0.2) is 55.0 Å². The number of anilines is 1. The average Bonchev–Trinajstić information content (AvgIpc) is 3.01. The molecule has 7 heteroatoms. The molecule has 24 heavy (non-hydrogen) atoms. The van der Waals surface area contributed by atoms with E-state index in [4.69, 9.17) is 0 Å². The molecule has 0 aliphatic rings. The third-order valence-corrected chi connectivity index (χ3v) is 3.48. The molecular weight excluding hydrogens is 317 g/mol. The highest BCUT2D eigenvalue weighted by molar-refractivity contribution is 5.62. The van der Waals surface area contributed by atoms with Crippen molar-refractivity contribution in [2.24, 2.45) is 0 Å². The van der Waals surface area contributed by atoms with Gasteiger partial charge in [-0.25, -0.2) is 0 Å². The molecule has 2 N–H and O–H groups in total. The van der Waals surface area contributed by atoms with Crippen molar-refractivity contribution in [3.8, 4) is 11.3 Å². The lowest BCUT2D eigenvalue weighted by atomic mass is 10.1. The Hall–Kier alpha value is -2.83. The van der Waals surface area contributed by atoms with Gasteiger partial charge < -0.3 is 5.32 Å². The smallest absolute Gasteiger partial charge is 0.381 e. The summed E-state index contributed by atoms with van der Waals surface area (Å²) in [6.45, 7) is 0.441. The van der Waals surface area contributed by atoms with E-state index in [-0.39, 0.29) is 5.56 Å². The first-order chi connectivity index (χ1) is 11.5. The van der Waals surface area contributed by atoms with Crippen molar-refractivity contribution in [2.45, 2.75) is 19.1 Å². The van der Waals surface area contributed by atoms with E-state index >= 15 is 0 Å². The Bertz CT molecular complexity index is 797. The van der Waals surface area contributed by atoms with Crippen molar-refractivity contribution in [3.05, 3.63) is 66.1 Å². The van der Waals surface area contributed by atoms with Gasteiger partial charge in [-0.2, -0.15) is 18.3 Å². The van der Waals surface area contributed by atoms with E-state index in [0.29, 0.717) is 12.2 Å². The minimum atomic E-state index is -4.21. The highest BCUT2D eigenvalue weighted by atomic mass is 19.4. The van der Waals surface area contributed by atoms with Gasteiger partial charge >= 0.3 is 6.18 Å². The Morgan fingerprint density at radius 2 is 1.96 bits per heavy atom. The first-order valence-corrected chi connectivity index (χ1v) is 7.33. The van der Waals surface area contributed by atoms with Crippen LogP contribution in [0.25, 0.3) is 11.3 Å². The Morgan fingerprint density at radius 1 is 1.08 bits per heavy atom. The number of halogens is 3. The summed E-state index contributed by atoms with van der Waals surface area (Å²) in [6, 6.07) is 10.1. The van der Waals surface area contributed by atoms with E-state index in [9.17, 15) is 13.2 Å². The average molecular weight is 332 g/mol. The molecule has 2 aromatic heterocycles. The molecule has 0 saturated heterocycles. The van der Waals surface area contributed by atoms with Gasteiger partial charge in [-0.3, -0.25) is 10.1 Å². The zero-order valence-corrected chi connectivity index (χ0v) is 12.6. The molecule has 0 spiro atoms. The molecular formula is C17H15F3N4. The van der Waals surface area contributed by atoms with Crippen molar-refractivity contribution < 1.29 is 13.2 Å². The predicted octanol–water partition coefficient (Wildman–Crippen LogP) is 4.19. The summed E-state index contributed by atoms with van der Waals surface area (Å²) in [4.78, 5) is 4.07. The van der Waals surface area contributed by atoms with Crippen molar-refractivity contribution in [2.75, 3.05) is 5.32 Å². The molecule has 3 aromatic rings. The minimum absolute atomic E-state index is 0.229. The molecule has 0 bridgehead atoms. The molecule has 0 atom stereocenters. The summed E-state index contributed by atoms with van der Waals surface area (Å²) in [5.74, 6) is 0. The lowest BCUT2D eigenvalue weighted by Crippen LogP contribution is -2.11. The maximum Gasteiger partial charge on any atom is 0.393 e. The summed E-state index contributed by atoms with van der Waals surface area (Å²) in [5.41, 5.74) is 3.51. The molecule has 2 heterocycles. The van der Waals surface area contributed by atoms with Crippen LogP contribution in [0.5, 0.6) is 0 Å². The third kappa shape index (κ3) is 4.13. The van der Waals surface area contributed by atoms with Gasteiger partial charge in [0.25, 0.3) is 0 Å². The standard InChI is InChI=1S/C17H15F3N4/c18-17(19,20)8-12-3-1-5-15(7-12)22-10-14-11-23-24-16(14)13-4-2-6-21-9-13/h1-7,9,11,22H,8,10H2,(H,23,24). The monoisotopic (exact) mass is 332 g/mol. The number of hydrogen-bond acceptors (Lipinski definition) is 3. The fourth-order valence-corrected chi connectivity index (χ4v) is 2.43. The lowest BCUT2D eigenvalue weighted by molar-refractivity contribution is -0.127. The minimum Gasteiger partial charge on any atom is -0.381 e. The van der Waals surface area contributed by atoms with E-state index in [1.807, 2.05) is 12.1 Å². The van der Waals surface area contributed by atoms with Gasteiger partial charge in [0.15, 0.2) is 0 Å². The quantitative estimate of drug-likeness (QED) is 0.737. The Balaban J connectivity index is 1.71. The van der Waals surface area contributed by atoms with Gasteiger partial charge in [-0.05, 0) is 29.8 Å². The number of alkyl halides is 3. The summed E-state index contributed by atoms with van der Waals surface area (Å²) in [5, 5.41) is 10.1. The van der Waals surface area contributed by atoms with Gasteiger partial charge in [-0.15, -0.1) is 0 Å². The van der Waals surface area contributed by atoms with E-state index in [1.165, 1.54) is 12.1 Å². The number of pyridine rings is 1. The van der Waals surface area contributed by atoms with Crippen LogP contribution in [0.4, 0.5) is 18.9 Å². The molecule has 0 saturated carbocycles. The second-order valence-electron chi connectivity index (χ2n) is 5.36. The number of aromatic nitrogens is 3. The van der Waals surface area contributed by atoms with Gasteiger partial charge in [0, 0.05) is 35.8 Å². The summed E-state index contributed by atoms with van der Waals surface area (Å²) >= 11 is 0. The van der Waals surface area contributed by atoms with Gasteiger partial charge in [0.1, 0.15) is 0 Å². The maximum absolute atomic E-state index is 12.5. The van der Waals surface area contributed by atoms with E-state index in [1.54, 1.807) is 30.7 Å². The molecule has 0 aliphatic carbocycles. The third-order valence-electron chi connectivity index (χ3n) is 3.48. The molecule has 0 radical (unpaired) electrons. The maximum atomic E-state index is 12.5. The predicted molar refractivity (Wildman–Crippen MR) is 85.3 cm³/mol. The number of benzene rings is 1. The molecule has 0 fully saturated rings. The lowest BCUT2D eigenvalue weighted by Gasteiger charge is -2.10. The van der Waals surface area contributed by atoms with Crippen LogP contribution in [0.2, 0.25) is 0 Å². The van der Waals surface area contributed by atoms with Gasteiger partial charge in [0.05, 0.1) is 18.3 Å². The SMILES string of the molecule is FC(F)(F)Cc1cccc(NCc2cn[nH]c2-c2cccnc2)c1. The Labute approximate surface area is 136 Å². The molecule has 4 nitrogen and oxygen atoms in total. The number of rotatable bonds is 5. The van der Waals surface area contributed by atoms with Gasteiger partial charge in [-0.1, -0.05) is 12.1 Å². The van der Waals surface area contributed by atoms with Crippen LogP contribution in [0, 0.1) is 0 Å². The van der Waals surface area contributed by atoms with Crippen molar-refractivity contribution >= 4 is 5.69 Å². The first kappa shape index (κ1) is 16.0. The van der Waals surface area contributed by atoms with Crippen molar-refractivity contribution in [1.82, 2.24) is 15.2 Å². The summed E-state index contributed by atoms with van der Waals surface area (Å²) in [6.07, 6.45) is -0.0500. The largest absolute Gasteiger partial charge is 0.393 e. The van der Waals surface area contributed by atoms with Crippen LogP contribution in [-0.4, -0.2) is 21.4 Å². The molecule has 0 amide bonds. The number of H-pyrrole nitrogens is 1. The highest BCUT2D eigenvalue weighted by Gasteiger charge is 2.27. The van der Waals surface area contributed by atoms with Crippen LogP contribution in [-0.2, 0) is 13.0 Å². The molecule has 1 aromatic carbocycles. The van der Waals surface area contributed by atoms with Crippen molar-refractivity contribution in [3.63, 3.8) is 0 Å². The second-order valence-corrected chi connectivity index (χ2v) is 5.36. The van der Waals surface area contributed by atoms with Crippen LogP contribution < -0.4 is 5.32 Å². The number of nitrogens with one attached hydrogen (secondary N) is 2. The van der Waals surface area contributed by atoms with E-state index in [2.05, 4.69) is 20.5 Å². The summed E-state index contributed by atoms with van der Waals surface area (Å²) < 4.78 is 37.5. The van der Waals surface area contributed by atoms with E-state index < -0.39 is 12.6 Å². The zero-order valence-electron chi connectivity index (χ0n) is 12.6. The first-order valence-electron chi connectivity index (χ1n) is 7.33. The number of nitrogens with zero attached hydrogens (tertiary/aromatic N) is 2. The van der Waals surface area contributed by atoms with Crippen LogP contribution in [0.3, 0.4) is 0 Å². The zero-order chi connectivity index (χ0) is 17.0. The van der Waals surface area contributed by atoms with E-state index in [0.717, 1.165) is 16.8 Å². The van der Waals surface area contributed by atoms with Crippen LogP contribution in [0.1, 0.15) is 11.1 Å². The second kappa shape index (κ2) is 6.74. The number of hydrogen-bond donors (Lipinski definition) is 2. The fraction of sp³-hybridized carbons (Fsp3) is 0.176. The van der Waals surface area contributed by atoms with Gasteiger partial charge in [0.2, 0.25) is 0 Å². The molecule has 124 valence electrons. The molecule has 0 aliphatic heterocycles. The fourth-order valence-electron chi connectivity index (χ4n) is 2.43. The number of aromatic amines is 1. The molecule has 0 unspecified atom stereocenters. The topological polar surface area (TPSA) is 53.6 Å². The highest BCUT2D eigenvalue weighted by Crippen LogP contribution is 2.24. The van der Waals surface area contributed by atoms with Crippen LogP contribution >= 0.6 is 0 Å². The normalized spacial score (nSPS) is 11.5. The molecule has 3 rings (SSSR count). The Morgan fingerprint density at radius 3 is 2.71 bits per heavy atom. The van der Waals surface area contributed by atoms with Crippen molar-refractivity contribution in [1.29, 1.82) is 0 Å². The Kier molecular flexibility index (Phi) is 4.50.